The number of aromatic nitrogens is 2. The number of aryl methyl sites for hydroxylation is 2. The molecule has 1 atom stereocenters. The van der Waals surface area contributed by atoms with Gasteiger partial charge in [-0.2, -0.15) is 5.10 Å². The van der Waals surface area contributed by atoms with Gasteiger partial charge in [-0.25, -0.2) is 0 Å². The number of nitrogens with two attached hydrogens (primary N) is 1. The molecule has 1 aromatic rings. The summed E-state index contributed by atoms with van der Waals surface area (Å²) in [5.41, 5.74) is 8.13. The number of hydrogen-bond acceptors (Lipinski definition) is 2. The molecule has 0 aromatic carbocycles. The molecule has 0 saturated carbocycles. The van der Waals surface area contributed by atoms with Crippen LogP contribution in [-0.2, 0) is 13.5 Å². The Hall–Kier alpha value is -0.540. The van der Waals surface area contributed by atoms with Crippen LogP contribution in [0.5, 0.6) is 0 Å². The predicted octanol–water partition coefficient (Wildman–Crippen LogP) is 3.61. The van der Waals surface area contributed by atoms with E-state index in [4.69, 9.17) is 17.3 Å². The second-order valence-electron chi connectivity index (χ2n) is 5.14. The smallest absolute Gasteiger partial charge is 0.0847 e. The maximum absolute atomic E-state index is 6.22. The standard InChI is InChI=1S/C14H26ClN3/c1-4-5-6-7-8-9-12(16)10-13-14(15)11(2)17-18(13)3/h12H,4-10,16H2,1-3H3. The van der Waals surface area contributed by atoms with E-state index in [1.165, 1.54) is 32.1 Å². The minimum Gasteiger partial charge on any atom is -0.327 e. The Morgan fingerprint density at radius 2 is 1.94 bits per heavy atom. The molecule has 1 aromatic heterocycles. The molecule has 104 valence electrons. The molecule has 4 heteroatoms. The molecule has 0 fully saturated rings. The first-order valence-corrected chi connectivity index (χ1v) is 7.37. The van der Waals surface area contributed by atoms with Crippen LogP contribution in [0.2, 0.25) is 5.02 Å². The fourth-order valence-electron chi connectivity index (χ4n) is 2.26. The molecule has 0 saturated heterocycles. The van der Waals surface area contributed by atoms with Gasteiger partial charge in [0.1, 0.15) is 0 Å². The highest BCUT2D eigenvalue weighted by atomic mass is 35.5. The zero-order valence-corrected chi connectivity index (χ0v) is 12.6. The molecule has 0 aliphatic carbocycles. The number of nitrogens with zero attached hydrogens (tertiary/aromatic N) is 2. The predicted molar refractivity (Wildman–Crippen MR) is 78.0 cm³/mol. The highest BCUT2D eigenvalue weighted by Gasteiger charge is 2.14. The highest BCUT2D eigenvalue weighted by molar-refractivity contribution is 6.31. The molecule has 3 nitrogen and oxygen atoms in total. The Balaban J connectivity index is 2.33. The van der Waals surface area contributed by atoms with Gasteiger partial charge in [0.05, 0.1) is 16.4 Å². The van der Waals surface area contributed by atoms with Gasteiger partial charge in [0.2, 0.25) is 0 Å². The third-order valence-electron chi connectivity index (χ3n) is 3.40. The summed E-state index contributed by atoms with van der Waals surface area (Å²) in [7, 11) is 1.93. The molecular weight excluding hydrogens is 246 g/mol. The van der Waals surface area contributed by atoms with Gasteiger partial charge < -0.3 is 5.73 Å². The van der Waals surface area contributed by atoms with E-state index < -0.39 is 0 Å². The van der Waals surface area contributed by atoms with Crippen molar-refractivity contribution in [1.29, 1.82) is 0 Å². The van der Waals surface area contributed by atoms with E-state index in [2.05, 4.69) is 12.0 Å². The molecule has 1 heterocycles. The van der Waals surface area contributed by atoms with E-state index in [0.717, 1.165) is 29.3 Å². The van der Waals surface area contributed by atoms with Crippen LogP contribution in [0.25, 0.3) is 0 Å². The van der Waals surface area contributed by atoms with Gasteiger partial charge in [-0.1, -0.05) is 50.6 Å². The van der Waals surface area contributed by atoms with E-state index >= 15 is 0 Å². The first-order valence-electron chi connectivity index (χ1n) is 6.99. The van der Waals surface area contributed by atoms with Crippen molar-refractivity contribution >= 4 is 11.6 Å². The van der Waals surface area contributed by atoms with Crippen molar-refractivity contribution in [3.63, 3.8) is 0 Å². The Morgan fingerprint density at radius 3 is 2.50 bits per heavy atom. The van der Waals surface area contributed by atoms with Gasteiger partial charge in [0.25, 0.3) is 0 Å². The minimum absolute atomic E-state index is 0.193. The largest absolute Gasteiger partial charge is 0.327 e. The SMILES string of the molecule is CCCCCCCC(N)Cc1c(Cl)c(C)nn1C. The van der Waals surface area contributed by atoms with E-state index in [1.807, 2.05) is 18.7 Å². The lowest BCUT2D eigenvalue weighted by atomic mass is 10.0. The summed E-state index contributed by atoms with van der Waals surface area (Å²) in [4.78, 5) is 0. The third-order valence-corrected chi connectivity index (χ3v) is 3.89. The number of hydrogen-bond donors (Lipinski definition) is 1. The van der Waals surface area contributed by atoms with E-state index in [1.54, 1.807) is 0 Å². The Labute approximate surface area is 116 Å². The van der Waals surface area contributed by atoms with Crippen molar-refractivity contribution in [2.75, 3.05) is 0 Å². The van der Waals surface area contributed by atoms with Gasteiger partial charge in [-0.15, -0.1) is 0 Å². The molecule has 0 aliphatic heterocycles. The second kappa shape index (κ2) is 7.80. The van der Waals surface area contributed by atoms with E-state index in [-0.39, 0.29) is 6.04 Å². The number of unbranched alkanes of at least 4 members (excludes halogenated alkanes) is 4. The third kappa shape index (κ3) is 4.62. The Bertz CT molecular complexity index is 360. The quantitative estimate of drug-likeness (QED) is 0.734. The van der Waals surface area contributed by atoms with Gasteiger partial charge in [0, 0.05) is 19.5 Å². The summed E-state index contributed by atoms with van der Waals surface area (Å²) in [6.45, 7) is 4.17. The maximum Gasteiger partial charge on any atom is 0.0847 e. The minimum atomic E-state index is 0.193. The van der Waals surface area contributed by atoms with Crippen LogP contribution in [0.15, 0.2) is 0 Å². The summed E-state index contributed by atoms with van der Waals surface area (Å²) in [5, 5.41) is 5.09. The Kier molecular flexibility index (Phi) is 6.72. The summed E-state index contributed by atoms with van der Waals surface area (Å²) in [6, 6.07) is 0.193. The lowest BCUT2D eigenvalue weighted by Gasteiger charge is -2.12. The fourth-order valence-corrected chi connectivity index (χ4v) is 2.50. The molecule has 18 heavy (non-hydrogen) atoms. The number of rotatable bonds is 8. The first-order chi connectivity index (χ1) is 8.56. The molecule has 0 radical (unpaired) electrons. The van der Waals surface area contributed by atoms with Gasteiger partial charge in [0.15, 0.2) is 0 Å². The zero-order chi connectivity index (χ0) is 13.5. The lowest BCUT2D eigenvalue weighted by molar-refractivity contribution is 0.525. The molecule has 0 amide bonds. The first kappa shape index (κ1) is 15.5. The molecule has 0 spiro atoms. The van der Waals surface area contributed by atoms with Crippen molar-refractivity contribution in [3.8, 4) is 0 Å². The van der Waals surface area contributed by atoms with E-state index in [9.17, 15) is 0 Å². The Morgan fingerprint density at radius 1 is 1.28 bits per heavy atom. The lowest BCUT2D eigenvalue weighted by Crippen LogP contribution is -2.24. The van der Waals surface area contributed by atoms with Crippen LogP contribution in [0, 0.1) is 6.92 Å². The molecule has 1 unspecified atom stereocenters. The normalized spacial score (nSPS) is 12.9. The van der Waals surface area contributed by atoms with Gasteiger partial charge in [-0.3, -0.25) is 4.68 Å². The van der Waals surface area contributed by atoms with Crippen molar-refractivity contribution in [2.24, 2.45) is 12.8 Å². The molecule has 1 rings (SSSR count). The second-order valence-corrected chi connectivity index (χ2v) is 5.51. The van der Waals surface area contributed by atoms with Crippen LogP contribution in [0.3, 0.4) is 0 Å². The van der Waals surface area contributed by atoms with Crippen LogP contribution < -0.4 is 5.73 Å². The summed E-state index contributed by atoms with van der Waals surface area (Å²) >= 11 is 6.22. The molecule has 0 bridgehead atoms. The van der Waals surface area contributed by atoms with Crippen LogP contribution >= 0.6 is 11.6 Å². The van der Waals surface area contributed by atoms with Gasteiger partial charge in [-0.05, 0) is 13.3 Å². The zero-order valence-electron chi connectivity index (χ0n) is 11.9. The van der Waals surface area contributed by atoms with Crippen molar-refractivity contribution in [1.82, 2.24) is 9.78 Å². The molecular formula is C14H26ClN3. The van der Waals surface area contributed by atoms with Crippen LogP contribution in [0.1, 0.15) is 56.8 Å². The fraction of sp³-hybridized carbons (Fsp3) is 0.786. The average molecular weight is 272 g/mol. The highest BCUT2D eigenvalue weighted by Crippen LogP contribution is 2.21. The maximum atomic E-state index is 6.22. The van der Waals surface area contributed by atoms with Crippen molar-refractivity contribution < 1.29 is 0 Å². The van der Waals surface area contributed by atoms with Crippen molar-refractivity contribution in [3.05, 3.63) is 16.4 Å². The summed E-state index contributed by atoms with van der Waals surface area (Å²) in [5.74, 6) is 0. The summed E-state index contributed by atoms with van der Waals surface area (Å²) in [6.07, 6.45) is 8.36. The summed E-state index contributed by atoms with van der Waals surface area (Å²) < 4.78 is 1.86. The molecule has 0 aliphatic rings. The molecule has 2 N–H and O–H groups in total. The number of halogens is 1. The van der Waals surface area contributed by atoms with E-state index in [0.29, 0.717) is 0 Å². The van der Waals surface area contributed by atoms with Crippen LogP contribution in [0.4, 0.5) is 0 Å². The van der Waals surface area contributed by atoms with Crippen molar-refractivity contribution in [2.45, 2.75) is 64.8 Å². The van der Waals surface area contributed by atoms with Gasteiger partial charge >= 0.3 is 0 Å². The topological polar surface area (TPSA) is 43.8 Å². The van der Waals surface area contributed by atoms with Crippen LogP contribution in [-0.4, -0.2) is 15.8 Å². The monoisotopic (exact) mass is 271 g/mol. The average Bonchev–Trinajstić information content (AvgIpc) is 2.56.